The number of halogens is 1. The second-order valence-corrected chi connectivity index (χ2v) is 4.20. The van der Waals surface area contributed by atoms with Gasteiger partial charge in [0, 0.05) is 18.8 Å². The molecule has 0 unspecified atom stereocenters. The van der Waals surface area contributed by atoms with E-state index in [4.69, 9.17) is 11.6 Å². The number of aromatic nitrogens is 2. The van der Waals surface area contributed by atoms with Crippen LogP contribution < -0.4 is 5.32 Å². The number of nitrogens with one attached hydrogen (secondary N) is 1. The first-order valence-corrected chi connectivity index (χ1v) is 5.20. The summed E-state index contributed by atoms with van der Waals surface area (Å²) in [4.78, 5) is 0. The molecule has 1 aliphatic carbocycles. The van der Waals surface area contributed by atoms with Crippen molar-refractivity contribution >= 4 is 11.6 Å². The first kappa shape index (κ1) is 9.74. The highest BCUT2D eigenvalue weighted by atomic mass is 35.5. The minimum atomic E-state index is 0.674. The van der Waals surface area contributed by atoms with Gasteiger partial charge in [-0.1, -0.05) is 18.2 Å². The summed E-state index contributed by atoms with van der Waals surface area (Å²) in [5, 5.41) is 8.18. The Hall–Kier alpha value is -0.800. The highest BCUT2D eigenvalue weighted by molar-refractivity contribution is 6.30. The van der Waals surface area contributed by atoms with Gasteiger partial charge in [-0.3, -0.25) is 4.68 Å². The van der Waals surface area contributed by atoms with Crippen LogP contribution in [0.1, 0.15) is 12.8 Å². The summed E-state index contributed by atoms with van der Waals surface area (Å²) in [5.74, 6) is 0. The van der Waals surface area contributed by atoms with Crippen LogP contribution in [0.4, 0.5) is 0 Å². The smallest absolute Gasteiger partial charge is 0.0785 e. The lowest BCUT2D eigenvalue weighted by Gasteiger charge is -2.06. The van der Waals surface area contributed by atoms with Gasteiger partial charge < -0.3 is 5.32 Å². The van der Waals surface area contributed by atoms with Crippen molar-refractivity contribution in [1.29, 1.82) is 0 Å². The van der Waals surface area contributed by atoms with Crippen molar-refractivity contribution in [1.82, 2.24) is 15.1 Å². The summed E-state index contributed by atoms with van der Waals surface area (Å²) in [6.45, 7) is 5.61. The molecule has 4 heteroatoms. The van der Waals surface area contributed by atoms with E-state index in [0.717, 1.165) is 24.7 Å². The Kier molecular flexibility index (Phi) is 2.89. The molecule has 1 aromatic heterocycles. The van der Waals surface area contributed by atoms with Gasteiger partial charge in [-0.05, 0) is 18.4 Å². The number of hydrogen-bond acceptors (Lipinski definition) is 2. The summed E-state index contributed by atoms with van der Waals surface area (Å²) in [5.41, 5.74) is 1.14. The molecule has 1 aromatic rings. The Morgan fingerprint density at radius 2 is 2.50 bits per heavy atom. The maximum absolute atomic E-state index is 5.75. The highest BCUT2D eigenvalue weighted by Crippen LogP contribution is 2.18. The molecule has 0 radical (unpaired) electrons. The molecular formula is C10H14ClN3. The zero-order chi connectivity index (χ0) is 9.97. The molecule has 0 aromatic carbocycles. The Bertz CT molecular complexity index is 328. The molecule has 0 atom stereocenters. The first-order valence-electron chi connectivity index (χ1n) is 4.82. The molecule has 0 spiro atoms. The lowest BCUT2D eigenvalue weighted by Crippen LogP contribution is -2.20. The van der Waals surface area contributed by atoms with Gasteiger partial charge in [0.1, 0.15) is 0 Å². The number of nitrogens with zero attached hydrogens (tertiary/aromatic N) is 2. The molecule has 3 nitrogen and oxygen atoms in total. The minimum Gasteiger partial charge on any atom is -0.310 e. The predicted octanol–water partition coefficient (Wildman–Crippen LogP) is 1.84. The van der Waals surface area contributed by atoms with Crippen molar-refractivity contribution in [3.63, 3.8) is 0 Å². The van der Waals surface area contributed by atoms with Crippen LogP contribution in [0, 0.1) is 0 Å². The molecule has 2 rings (SSSR count). The van der Waals surface area contributed by atoms with E-state index in [2.05, 4.69) is 17.0 Å². The fourth-order valence-electron chi connectivity index (χ4n) is 1.29. The van der Waals surface area contributed by atoms with Gasteiger partial charge in [-0.2, -0.15) is 5.10 Å². The second kappa shape index (κ2) is 4.15. The normalized spacial score (nSPS) is 15.8. The van der Waals surface area contributed by atoms with Gasteiger partial charge in [-0.15, -0.1) is 0 Å². The van der Waals surface area contributed by atoms with E-state index in [-0.39, 0.29) is 0 Å². The van der Waals surface area contributed by atoms with Crippen molar-refractivity contribution in [3.05, 3.63) is 29.6 Å². The Morgan fingerprint density at radius 1 is 1.71 bits per heavy atom. The van der Waals surface area contributed by atoms with Gasteiger partial charge in [0.05, 0.1) is 17.8 Å². The standard InChI is InChI=1S/C10H14ClN3/c1-8(4-12-10-2-3-10)6-14-7-9(11)5-13-14/h5,7,10,12H,1-4,6H2. The van der Waals surface area contributed by atoms with E-state index in [1.54, 1.807) is 10.9 Å². The van der Waals surface area contributed by atoms with Gasteiger partial charge >= 0.3 is 0 Å². The summed E-state index contributed by atoms with van der Waals surface area (Å²) < 4.78 is 1.80. The van der Waals surface area contributed by atoms with E-state index < -0.39 is 0 Å². The number of rotatable bonds is 5. The highest BCUT2D eigenvalue weighted by Gasteiger charge is 2.19. The Morgan fingerprint density at radius 3 is 3.07 bits per heavy atom. The zero-order valence-electron chi connectivity index (χ0n) is 8.04. The topological polar surface area (TPSA) is 29.9 Å². The third-order valence-electron chi connectivity index (χ3n) is 2.21. The summed E-state index contributed by atoms with van der Waals surface area (Å²) >= 11 is 5.75. The van der Waals surface area contributed by atoms with Crippen molar-refractivity contribution < 1.29 is 0 Å². The van der Waals surface area contributed by atoms with Crippen molar-refractivity contribution in [2.24, 2.45) is 0 Å². The molecule has 0 bridgehead atoms. The van der Waals surface area contributed by atoms with Crippen molar-refractivity contribution in [2.45, 2.75) is 25.4 Å². The first-order chi connectivity index (χ1) is 6.74. The molecule has 1 fully saturated rings. The zero-order valence-corrected chi connectivity index (χ0v) is 8.80. The quantitative estimate of drug-likeness (QED) is 0.754. The van der Waals surface area contributed by atoms with Crippen LogP contribution >= 0.6 is 11.6 Å². The molecule has 1 N–H and O–H groups in total. The van der Waals surface area contributed by atoms with Gasteiger partial charge in [0.2, 0.25) is 0 Å². The third-order valence-corrected chi connectivity index (χ3v) is 2.40. The maximum atomic E-state index is 5.75. The maximum Gasteiger partial charge on any atom is 0.0785 e. The fourth-order valence-corrected chi connectivity index (χ4v) is 1.44. The van der Waals surface area contributed by atoms with Gasteiger partial charge in [0.15, 0.2) is 0 Å². The van der Waals surface area contributed by atoms with E-state index in [9.17, 15) is 0 Å². The van der Waals surface area contributed by atoms with Crippen LogP contribution in [0.2, 0.25) is 5.02 Å². The van der Waals surface area contributed by atoms with Crippen LogP contribution in [-0.4, -0.2) is 22.4 Å². The van der Waals surface area contributed by atoms with Gasteiger partial charge in [0.25, 0.3) is 0 Å². The van der Waals surface area contributed by atoms with Crippen LogP contribution in [0.5, 0.6) is 0 Å². The van der Waals surface area contributed by atoms with E-state index in [1.165, 1.54) is 12.8 Å². The molecule has 0 saturated heterocycles. The SMILES string of the molecule is C=C(CNC1CC1)Cn1cc(Cl)cn1. The predicted molar refractivity (Wildman–Crippen MR) is 57.4 cm³/mol. The summed E-state index contributed by atoms with van der Waals surface area (Å²) in [6, 6.07) is 0.730. The molecule has 1 aliphatic rings. The molecule has 0 amide bonds. The minimum absolute atomic E-state index is 0.674. The van der Waals surface area contributed by atoms with Crippen molar-refractivity contribution in [3.8, 4) is 0 Å². The Balaban J connectivity index is 1.75. The number of hydrogen-bond donors (Lipinski definition) is 1. The molecule has 1 heterocycles. The average molecular weight is 212 g/mol. The van der Waals surface area contributed by atoms with E-state index >= 15 is 0 Å². The molecule has 1 saturated carbocycles. The molecule has 76 valence electrons. The lowest BCUT2D eigenvalue weighted by atomic mass is 10.3. The van der Waals surface area contributed by atoms with Crippen LogP contribution in [0.15, 0.2) is 24.5 Å². The fraction of sp³-hybridized carbons (Fsp3) is 0.500. The molecule has 14 heavy (non-hydrogen) atoms. The van der Waals surface area contributed by atoms with Crippen LogP contribution in [-0.2, 0) is 6.54 Å². The van der Waals surface area contributed by atoms with E-state index in [1.807, 2.05) is 6.20 Å². The molecule has 0 aliphatic heterocycles. The average Bonchev–Trinajstić information content (AvgIpc) is 2.88. The summed E-state index contributed by atoms with van der Waals surface area (Å²) in [6.07, 6.45) is 6.06. The summed E-state index contributed by atoms with van der Waals surface area (Å²) in [7, 11) is 0. The largest absolute Gasteiger partial charge is 0.310 e. The third kappa shape index (κ3) is 2.86. The van der Waals surface area contributed by atoms with E-state index in [0.29, 0.717) is 5.02 Å². The Labute approximate surface area is 88.8 Å². The lowest BCUT2D eigenvalue weighted by molar-refractivity contribution is 0.635. The van der Waals surface area contributed by atoms with Crippen molar-refractivity contribution in [2.75, 3.05) is 6.54 Å². The van der Waals surface area contributed by atoms with Gasteiger partial charge in [-0.25, -0.2) is 0 Å². The second-order valence-electron chi connectivity index (χ2n) is 3.76. The molecular weight excluding hydrogens is 198 g/mol. The van der Waals surface area contributed by atoms with Crippen LogP contribution in [0.25, 0.3) is 0 Å². The monoisotopic (exact) mass is 211 g/mol. The van der Waals surface area contributed by atoms with Crippen LogP contribution in [0.3, 0.4) is 0 Å².